The lowest BCUT2D eigenvalue weighted by Gasteiger charge is -2.07. The number of pyridine rings is 1. The molecule has 0 radical (unpaired) electrons. The number of carbonyl (C=O) groups excluding carboxylic acids is 1. The Morgan fingerprint density at radius 3 is 2.71 bits per heavy atom. The summed E-state index contributed by atoms with van der Waals surface area (Å²) in [6.45, 7) is 0. The monoisotopic (exact) mass is 237 g/mol. The average Bonchev–Trinajstić information content (AvgIpc) is 2.34. The molecule has 1 heterocycles. The zero-order chi connectivity index (χ0) is 12.8. The summed E-state index contributed by atoms with van der Waals surface area (Å²) < 4.78 is 9.67. The fourth-order valence-electron chi connectivity index (χ4n) is 1.11. The van der Waals surface area contributed by atoms with Crippen molar-refractivity contribution >= 4 is 18.1 Å². The molecule has 0 aliphatic rings. The lowest BCUT2D eigenvalue weighted by atomic mass is 10.2. The molecule has 0 aromatic carbocycles. The summed E-state index contributed by atoms with van der Waals surface area (Å²) in [5, 5.41) is 0. The topological polar surface area (TPSA) is 64.0 Å². The Balaban J connectivity index is 3.09. The number of methoxy groups -OCH3 is 2. The van der Waals surface area contributed by atoms with Crippen molar-refractivity contribution in [3.05, 3.63) is 17.8 Å². The van der Waals surface area contributed by atoms with E-state index in [1.807, 2.05) is 14.1 Å². The number of ether oxygens (including phenoxy) is 2. The van der Waals surface area contributed by atoms with E-state index >= 15 is 0 Å². The molecule has 0 bridgehead atoms. The smallest absolute Gasteiger partial charge is 0.341 e. The molecule has 1 aromatic rings. The highest BCUT2D eigenvalue weighted by Gasteiger charge is 2.13. The first-order chi connectivity index (χ1) is 8.08. The Morgan fingerprint density at radius 1 is 1.47 bits per heavy atom. The predicted molar refractivity (Wildman–Crippen MR) is 64.0 cm³/mol. The Kier molecular flexibility index (Phi) is 4.45. The second kappa shape index (κ2) is 5.83. The summed E-state index contributed by atoms with van der Waals surface area (Å²) in [5.74, 6) is 0.297. The van der Waals surface area contributed by atoms with E-state index < -0.39 is 5.97 Å². The maximum Gasteiger partial charge on any atom is 0.341 e. The molecular weight excluding hydrogens is 222 g/mol. The quantitative estimate of drug-likeness (QED) is 0.445. The third-order valence-corrected chi connectivity index (χ3v) is 1.90. The minimum Gasteiger partial charge on any atom is -0.494 e. The molecule has 6 nitrogen and oxygen atoms in total. The van der Waals surface area contributed by atoms with Gasteiger partial charge in [-0.15, -0.1) is 0 Å². The summed E-state index contributed by atoms with van der Waals surface area (Å²) in [6, 6.07) is 1.52. The number of hydrogen-bond acceptors (Lipinski definition) is 5. The number of rotatable bonds is 4. The summed E-state index contributed by atoms with van der Waals surface area (Å²) in [6.07, 6.45) is 3.03. The van der Waals surface area contributed by atoms with Crippen LogP contribution in [0, 0.1) is 0 Å². The first kappa shape index (κ1) is 13.0. The standard InChI is InChI=1S/C11H15N3O3/c1-14(2)7-13-10-5-8(11(15)17-4)9(16-3)6-12-10/h5-7H,1-4H3. The molecule has 6 heteroatoms. The fourth-order valence-corrected chi connectivity index (χ4v) is 1.11. The van der Waals surface area contributed by atoms with E-state index in [9.17, 15) is 4.79 Å². The van der Waals surface area contributed by atoms with Gasteiger partial charge in [0.2, 0.25) is 0 Å². The largest absolute Gasteiger partial charge is 0.494 e. The molecule has 0 spiro atoms. The van der Waals surface area contributed by atoms with E-state index in [0.717, 1.165) is 0 Å². The molecular formula is C11H15N3O3. The van der Waals surface area contributed by atoms with Crippen LogP contribution in [0.4, 0.5) is 5.82 Å². The minimum absolute atomic E-state index is 0.302. The Morgan fingerprint density at radius 2 is 2.18 bits per heavy atom. The van der Waals surface area contributed by atoms with Gasteiger partial charge in [0.15, 0.2) is 11.6 Å². The van der Waals surface area contributed by atoms with Gasteiger partial charge in [-0.25, -0.2) is 14.8 Å². The first-order valence-corrected chi connectivity index (χ1v) is 4.91. The zero-order valence-electron chi connectivity index (χ0n) is 10.3. The van der Waals surface area contributed by atoms with Crippen molar-refractivity contribution in [2.75, 3.05) is 28.3 Å². The van der Waals surface area contributed by atoms with Crippen LogP contribution in [0.25, 0.3) is 0 Å². The van der Waals surface area contributed by atoms with Crippen molar-refractivity contribution < 1.29 is 14.3 Å². The van der Waals surface area contributed by atoms with Crippen molar-refractivity contribution in [3.8, 4) is 5.75 Å². The van der Waals surface area contributed by atoms with Gasteiger partial charge >= 0.3 is 5.97 Å². The molecule has 1 rings (SSSR count). The minimum atomic E-state index is -0.481. The van der Waals surface area contributed by atoms with Gasteiger partial charge in [-0.2, -0.15) is 0 Å². The number of aliphatic imine (C=N–C) groups is 1. The van der Waals surface area contributed by atoms with Crippen LogP contribution in [0.2, 0.25) is 0 Å². The second-order valence-electron chi connectivity index (χ2n) is 3.44. The molecule has 0 amide bonds. The maximum atomic E-state index is 11.5. The van der Waals surface area contributed by atoms with Crippen LogP contribution in [-0.2, 0) is 4.74 Å². The summed E-state index contributed by atoms with van der Waals surface area (Å²) in [4.78, 5) is 21.4. The van der Waals surface area contributed by atoms with E-state index in [1.54, 1.807) is 11.2 Å². The van der Waals surface area contributed by atoms with Crippen LogP contribution in [0.3, 0.4) is 0 Å². The lowest BCUT2D eigenvalue weighted by Crippen LogP contribution is -2.07. The Hall–Kier alpha value is -2.11. The predicted octanol–water partition coefficient (Wildman–Crippen LogP) is 1.10. The molecule has 92 valence electrons. The highest BCUT2D eigenvalue weighted by molar-refractivity contribution is 5.93. The third kappa shape index (κ3) is 3.44. The average molecular weight is 237 g/mol. The van der Waals surface area contributed by atoms with E-state index in [1.165, 1.54) is 26.5 Å². The van der Waals surface area contributed by atoms with Crippen LogP contribution in [0.15, 0.2) is 17.3 Å². The highest BCUT2D eigenvalue weighted by Crippen LogP contribution is 2.22. The zero-order valence-corrected chi connectivity index (χ0v) is 10.3. The SMILES string of the molecule is COC(=O)c1cc(N=CN(C)C)ncc1OC. The number of nitrogens with zero attached hydrogens (tertiary/aromatic N) is 3. The van der Waals surface area contributed by atoms with Gasteiger partial charge in [-0.1, -0.05) is 0 Å². The van der Waals surface area contributed by atoms with Crippen LogP contribution in [-0.4, -0.2) is 50.5 Å². The van der Waals surface area contributed by atoms with E-state index in [0.29, 0.717) is 17.1 Å². The normalized spacial score (nSPS) is 10.4. The van der Waals surface area contributed by atoms with Gasteiger partial charge < -0.3 is 14.4 Å². The lowest BCUT2D eigenvalue weighted by molar-refractivity contribution is 0.0597. The molecule has 0 N–H and O–H groups in total. The highest BCUT2D eigenvalue weighted by atomic mass is 16.5. The van der Waals surface area contributed by atoms with Crippen molar-refractivity contribution in [1.29, 1.82) is 0 Å². The fraction of sp³-hybridized carbons (Fsp3) is 0.364. The van der Waals surface area contributed by atoms with E-state index in [2.05, 4.69) is 14.7 Å². The van der Waals surface area contributed by atoms with Gasteiger partial charge in [0, 0.05) is 20.2 Å². The van der Waals surface area contributed by atoms with Gasteiger partial charge in [-0.3, -0.25) is 0 Å². The number of aromatic nitrogens is 1. The van der Waals surface area contributed by atoms with Crippen LogP contribution in [0.5, 0.6) is 5.75 Å². The number of hydrogen-bond donors (Lipinski definition) is 0. The number of esters is 1. The molecule has 0 unspecified atom stereocenters. The van der Waals surface area contributed by atoms with Crippen molar-refractivity contribution in [1.82, 2.24) is 9.88 Å². The second-order valence-corrected chi connectivity index (χ2v) is 3.44. The summed E-state index contributed by atoms with van der Waals surface area (Å²) in [5.41, 5.74) is 0.302. The molecule has 0 atom stereocenters. The van der Waals surface area contributed by atoms with Crippen LogP contribution in [0.1, 0.15) is 10.4 Å². The van der Waals surface area contributed by atoms with Gasteiger partial charge in [-0.05, 0) is 0 Å². The molecule has 0 aliphatic carbocycles. The van der Waals surface area contributed by atoms with Crippen molar-refractivity contribution in [3.63, 3.8) is 0 Å². The Bertz CT molecular complexity index is 430. The molecule has 1 aromatic heterocycles. The molecule has 0 aliphatic heterocycles. The first-order valence-electron chi connectivity index (χ1n) is 4.91. The van der Waals surface area contributed by atoms with E-state index in [-0.39, 0.29) is 0 Å². The van der Waals surface area contributed by atoms with Crippen molar-refractivity contribution in [2.24, 2.45) is 4.99 Å². The van der Waals surface area contributed by atoms with Gasteiger partial charge in [0.05, 0.1) is 26.8 Å². The van der Waals surface area contributed by atoms with Gasteiger partial charge in [0.25, 0.3) is 0 Å². The summed E-state index contributed by atoms with van der Waals surface area (Å²) in [7, 11) is 6.46. The molecule has 0 saturated heterocycles. The molecule has 0 fully saturated rings. The third-order valence-electron chi connectivity index (χ3n) is 1.90. The number of carbonyl (C=O) groups is 1. The van der Waals surface area contributed by atoms with Gasteiger partial charge in [0.1, 0.15) is 5.56 Å². The molecule has 17 heavy (non-hydrogen) atoms. The van der Waals surface area contributed by atoms with Crippen molar-refractivity contribution in [2.45, 2.75) is 0 Å². The van der Waals surface area contributed by atoms with Crippen LogP contribution >= 0.6 is 0 Å². The maximum absolute atomic E-state index is 11.5. The molecule has 0 saturated carbocycles. The van der Waals surface area contributed by atoms with E-state index in [4.69, 9.17) is 4.74 Å². The van der Waals surface area contributed by atoms with Crippen LogP contribution < -0.4 is 4.74 Å². The summed E-state index contributed by atoms with van der Waals surface area (Å²) >= 11 is 0. The Labute approximate surface area is 99.9 Å².